The Labute approximate surface area is 195 Å². The first kappa shape index (κ1) is 22.8. The van der Waals surface area contributed by atoms with E-state index in [9.17, 15) is 10.1 Å². The SMILES string of the molecule is Cn1c(=O)c2cc(C#N)c(CO[Si](c3ccccc3)(c3ccccc3)C(C)(C)C)cc2n1C. The molecule has 1 heterocycles. The summed E-state index contributed by atoms with van der Waals surface area (Å²) in [5.74, 6) is 0. The molecule has 0 unspecified atom stereocenters. The van der Waals surface area contributed by atoms with E-state index in [0.29, 0.717) is 10.9 Å². The Morgan fingerprint density at radius 3 is 1.94 bits per heavy atom. The number of hydrogen-bond acceptors (Lipinski definition) is 3. The lowest BCUT2D eigenvalue weighted by molar-refractivity contribution is 0.286. The van der Waals surface area contributed by atoms with Crippen molar-refractivity contribution in [3.8, 4) is 6.07 Å². The molecule has 0 N–H and O–H groups in total. The summed E-state index contributed by atoms with van der Waals surface area (Å²) in [5, 5.41) is 12.6. The molecule has 3 aromatic carbocycles. The lowest BCUT2D eigenvalue weighted by Crippen LogP contribution is -2.66. The van der Waals surface area contributed by atoms with Crippen molar-refractivity contribution in [2.75, 3.05) is 0 Å². The Balaban J connectivity index is 1.88. The molecule has 0 saturated carbocycles. The molecule has 33 heavy (non-hydrogen) atoms. The molecule has 0 aliphatic rings. The van der Waals surface area contributed by atoms with Crippen molar-refractivity contribution in [2.24, 2.45) is 14.1 Å². The van der Waals surface area contributed by atoms with E-state index in [-0.39, 0.29) is 17.2 Å². The van der Waals surface area contributed by atoms with Crippen LogP contribution in [0, 0.1) is 11.3 Å². The van der Waals surface area contributed by atoms with Crippen molar-refractivity contribution in [1.82, 2.24) is 9.36 Å². The van der Waals surface area contributed by atoms with Gasteiger partial charge in [-0.3, -0.25) is 14.2 Å². The fraction of sp³-hybridized carbons (Fsp3) is 0.259. The topological polar surface area (TPSA) is 59.9 Å². The molecule has 6 heteroatoms. The molecule has 1 aromatic heterocycles. The van der Waals surface area contributed by atoms with Gasteiger partial charge < -0.3 is 4.43 Å². The van der Waals surface area contributed by atoms with Crippen molar-refractivity contribution in [2.45, 2.75) is 32.4 Å². The summed E-state index contributed by atoms with van der Waals surface area (Å²) < 4.78 is 10.4. The van der Waals surface area contributed by atoms with Gasteiger partial charge in [-0.05, 0) is 33.1 Å². The largest absolute Gasteiger partial charge is 0.403 e. The highest BCUT2D eigenvalue weighted by Gasteiger charge is 2.50. The van der Waals surface area contributed by atoms with Crippen LogP contribution in [0.5, 0.6) is 0 Å². The van der Waals surface area contributed by atoms with E-state index < -0.39 is 8.32 Å². The van der Waals surface area contributed by atoms with Crippen LogP contribution in [0.25, 0.3) is 10.9 Å². The van der Waals surface area contributed by atoms with Crippen molar-refractivity contribution < 1.29 is 4.43 Å². The summed E-state index contributed by atoms with van der Waals surface area (Å²) in [7, 11) is 0.841. The number of nitrogens with zero attached hydrogens (tertiary/aromatic N) is 3. The van der Waals surface area contributed by atoms with E-state index in [2.05, 4.69) is 75.4 Å². The van der Waals surface area contributed by atoms with E-state index in [1.165, 1.54) is 10.4 Å². The summed E-state index contributed by atoms with van der Waals surface area (Å²) >= 11 is 0. The van der Waals surface area contributed by atoms with Crippen LogP contribution in [-0.4, -0.2) is 17.7 Å². The third-order valence-electron chi connectivity index (χ3n) is 6.53. The van der Waals surface area contributed by atoms with Crippen molar-refractivity contribution in [3.63, 3.8) is 0 Å². The summed E-state index contributed by atoms with van der Waals surface area (Å²) in [6, 6.07) is 26.8. The van der Waals surface area contributed by atoms with Gasteiger partial charge in [0.2, 0.25) is 0 Å². The maximum atomic E-state index is 12.6. The molecule has 0 fully saturated rings. The molecule has 0 radical (unpaired) electrons. The van der Waals surface area contributed by atoms with Crippen LogP contribution < -0.4 is 15.9 Å². The van der Waals surface area contributed by atoms with Gasteiger partial charge >= 0.3 is 0 Å². The zero-order chi connectivity index (χ0) is 23.8. The maximum absolute atomic E-state index is 12.6. The van der Waals surface area contributed by atoms with Gasteiger partial charge in [-0.25, -0.2) is 0 Å². The Morgan fingerprint density at radius 2 is 1.45 bits per heavy atom. The smallest absolute Gasteiger partial charge is 0.274 e. The number of aromatic nitrogens is 2. The zero-order valence-electron chi connectivity index (χ0n) is 19.8. The average Bonchev–Trinajstić information content (AvgIpc) is 3.02. The minimum Gasteiger partial charge on any atom is -0.403 e. The van der Waals surface area contributed by atoms with Crippen molar-refractivity contribution in [1.29, 1.82) is 5.26 Å². The van der Waals surface area contributed by atoms with E-state index >= 15 is 0 Å². The number of fused-ring (bicyclic) bond motifs is 1. The Kier molecular flexibility index (Phi) is 5.87. The van der Waals surface area contributed by atoms with E-state index in [4.69, 9.17) is 4.43 Å². The van der Waals surface area contributed by atoms with Gasteiger partial charge in [0, 0.05) is 14.1 Å². The molecule has 0 bridgehead atoms. The lowest BCUT2D eigenvalue weighted by Gasteiger charge is -2.43. The zero-order valence-corrected chi connectivity index (χ0v) is 20.8. The Morgan fingerprint density at radius 1 is 0.909 bits per heavy atom. The average molecular weight is 456 g/mol. The van der Waals surface area contributed by atoms with Crippen LogP contribution in [0.2, 0.25) is 5.04 Å². The van der Waals surface area contributed by atoms with Gasteiger partial charge in [0.1, 0.15) is 0 Å². The molecule has 0 saturated heterocycles. The Bertz CT molecular complexity index is 1350. The molecule has 0 aliphatic heterocycles. The van der Waals surface area contributed by atoms with Crippen LogP contribution in [0.3, 0.4) is 0 Å². The van der Waals surface area contributed by atoms with Gasteiger partial charge in [0.15, 0.2) is 0 Å². The van der Waals surface area contributed by atoms with Gasteiger partial charge in [-0.15, -0.1) is 0 Å². The minimum atomic E-state index is -2.74. The standard InChI is InChI=1S/C27H29N3O2Si/c1-27(2,3)33(22-12-8-6-9-13-22,23-14-10-7-11-15-23)32-19-21-17-25-24(16-20(21)18-28)26(31)30(5)29(25)4/h6-17H,19H2,1-5H3. The second kappa shape index (κ2) is 8.51. The van der Waals surface area contributed by atoms with Crippen LogP contribution in [0.15, 0.2) is 77.6 Å². The van der Waals surface area contributed by atoms with E-state index in [0.717, 1.165) is 11.1 Å². The predicted molar refractivity (Wildman–Crippen MR) is 135 cm³/mol. The molecule has 5 nitrogen and oxygen atoms in total. The summed E-state index contributed by atoms with van der Waals surface area (Å²) in [6.45, 7) is 6.98. The quantitative estimate of drug-likeness (QED) is 0.430. The molecular formula is C27H29N3O2Si. The second-order valence-corrected chi connectivity index (χ2v) is 13.7. The maximum Gasteiger partial charge on any atom is 0.274 e. The van der Waals surface area contributed by atoms with Crippen LogP contribution in [0.1, 0.15) is 31.9 Å². The van der Waals surface area contributed by atoms with E-state index in [1.54, 1.807) is 17.8 Å². The van der Waals surface area contributed by atoms with Crippen LogP contribution >= 0.6 is 0 Å². The number of aryl methyl sites for hydroxylation is 1. The van der Waals surface area contributed by atoms with Gasteiger partial charge in [0.05, 0.1) is 29.1 Å². The highest BCUT2D eigenvalue weighted by molar-refractivity contribution is 6.99. The molecule has 0 amide bonds. The lowest BCUT2D eigenvalue weighted by atomic mass is 10.1. The predicted octanol–water partition coefficient (Wildman–Crippen LogP) is 3.83. The highest BCUT2D eigenvalue weighted by atomic mass is 28.4. The second-order valence-electron chi connectivity index (χ2n) is 9.44. The number of benzene rings is 3. The van der Waals surface area contributed by atoms with Gasteiger partial charge in [-0.2, -0.15) is 5.26 Å². The summed E-state index contributed by atoms with van der Waals surface area (Å²) in [4.78, 5) is 12.6. The molecule has 4 aromatic rings. The third kappa shape index (κ3) is 3.73. The first-order chi connectivity index (χ1) is 15.7. The number of rotatable bonds is 5. The summed E-state index contributed by atoms with van der Waals surface area (Å²) in [6.07, 6.45) is 0. The van der Waals surface area contributed by atoms with Crippen molar-refractivity contribution in [3.05, 3.63) is 94.3 Å². The number of nitriles is 1. The van der Waals surface area contributed by atoms with Gasteiger partial charge in [-0.1, -0.05) is 81.4 Å². The summed E-state index contributed by atoms with van der Waals surface area (Å²) in [5.41, 5.74) is 1.95. The Hall–Kier alpha value is -3.40. The molecule has 4 rings (SSSR count). The van der Waals surface area contributed by atoms with E-state index in [1.807, 2.05) is 29.9 Å². The number of hydrogen-bond donors (Lipinski definition) is 0. The first-order valence-electron chi connectivity index (χ1n) is 11.0. The molecule has 0 atom stereocenters. The van der Waals surface area contributed by atoms with Gasteiger partial charge in [0.25, 0.3) is 13.9 Å². The van der Waals surface area contributed by atoms with Crippen LogP contribution in [0.4, 0.5) is 0 Å². The third-order valence-corrected chi connectivity index (χ3v) is 11.5. The molecule has 0 aliphatic carbocycles. The highest BCUT2D eigenvalue weighted by Crippen LogP contribution is 2.37. The van der Waals surface area contributed by atoms with Crippen LogP contribution in [-0.2, 0) is 25.1 Å². The molecule has 0 spiro atoms. The monoisotopic (exact) mass is 455 g/mol. The van der Waals surface area contributed by atoms with Crippen molar-refractivity contribution >= 4 is 29.6 Å². The fourth-order valence-electron chi connectivity index (χ4n) is 4.71. The minimum absolute atomic E-state index is 0.108. The molecule has 168 valence electrons. The molecular weight excluding hydrogens is 426 g/mol. The normalized spacial score (nSPS) is 12.1. The fourth-order valence-corrected chi connectivity index (χ4v) is 9.24. The first-order valence-corrected chi connectivity index (χ1v) is 13.0.